The number of benzene rings is 2. The van der Waals surface area contributed by atoms with Gasteiger partial charge in [-0.15, -0.1) is 0 Å². The Morgan fingerprint density at radius 3 is 1.29 bits per heavy atom. The van der Waals surface area contributed by atoms with Crippen LogP contribution in [0.1, 0.15) is 22.3 Å². The number of carbonyl (C=O) groups is 2. The molecule has 24 heavy (non-hydrogen) atoms. The maximum Gasteiger partial charge on any atom is 0.319 e. The van der Waals surface area contributed by atoms with Crippen LogP contribution in [-0.2, 0) is 9.59 Å². The lowest BCUT2D eigenvalue weighted by Crippen LogP contribution is -2.37. The lowest BCUT2D eigenvalue weighted by molar-refractivity contribution is -0.133. The lowest BCUT2D eigenvalue weighted by Gasteiger charge is -2.28. The minimum atomic E-state index is -0.885. The van der Waals surface area contributed by atoms with Gasteiger partial charge in [0.15, 0.2) is 5.62 Å². The van der Waals surface area contributed by atoms with Crippen molar-refractivity contribution in [3.63, 3.8) is 0 Å². The summed E-state index contributed by atoms with van der Waals surface area (Å²) >= 11 is 6.60. The van der Waals surface area contributed by atoms with Crippen LogP contribution in [0.4, 0.5) is 11.4 Å². The first kappa shape index (κ1) is 16.5. The van der Waals surface area contributed by atoms with Crippen LogP contribution in [0.2, 0.25) is 0 Å². The van der Waals surface area contributed by atoms with E-state index in [1.54, 1.807) is 0 Å². The number of para-hydroxylation sites is 2. The number of alkyl halides is 1. The average molecular weight is 343 g/mol. The monoisotopic (exact) mass is 342 g/mol. The molecule has 5 heteroatoms. The topological polar surface area (TPSA) is 40.6 Å². The molecule has 1 saturated heterocycles. The minimum absolute atomic E-state index is 0.602. The molecular formula is C19H19ClN2O2. The Balaban J connectivity index is 2.14. The summed E-state index contributed by atoms with van der Waals surface area (Å²) in [6, 6.07) is 11.5. The maximum absolute atomic E-state index is 12.7. The van der Waals surface area contributed by atoms with Crippen LogP contribution in [0, 0.1) is 27.7 Å². The van der Waals surface area contributed by atoms with Crippen LogP contribution in [0.5, 0.6) is 0 Å². The third kappa shape index (κ3) is 2.38. The molecule has 0 saturated carbocycles. The molecule has 0 radical (unpaired) electrons. The number of hydrogen-bond donors (Lipinski definition) is 0. The molecular weight excluding hydrogens is 324 g/mol. The molecule has 1 aliphatic heterocycles. The van der Waals surface area contributed by atoms with Crippen molar-refractivity contribution in [1.82, 2.24) is 0 Å². The molecule has 0 unspecified atom stereocenters. The van der Waals surface area contributed by atoms with Crippen LogP contribution >= 0.6 is 11.6 Å². The molecule has 3 rings (SSSR count). The fourth-order valence-electron chi connectivity index (χ4n) is 3.30. The Labute approximate surface area is 146 Å². The van der Waals surface area contributed by atoms with E-state index < -0.39 is 17.4 Å². The van der Waals surface area contributed by atoms with Gasteiger partial charge >= 0.3 is 11.8 Å². The zero-order valence-electron chi connectivity index (χ0n) is 14.1. The number of halogens is 1. The molecule has 0 bridgehead atoms. The van der Waals surface area contributed by atoms with Gasteiger partial charge in [0.25, 0.3) is 0 Å². The van der Waals surface area contributed by atoms with Gasteiger partial charge in [-0.3, -0.25) is 19.4 Å². The van der Waals surface area contributed by atoms with E-state index >= 15 is 0 Å². The fourth-order valence-corrected chi connectivity index (χ4v) is 3.67. The summed E-state index contributed by atoms with van der Waals surface area (Å²) in [7, 11) is 0. The van der Waals surface area contributed by atoms with Gasteiger partial charge in [-0.05, 0) is 49.9 Å². The van der Waals surface area contributed by atoms with Gasteiger partial charge in [0.2, 0.25) is 0 Å². The number of rotatable bonds is 2. The van der Waals surface area contributed by atoms with Gasteiger partial charge in [-0.1, -0.05) is 48.0 Å². The molecule has 4 nitrogen and oxygen atoms in total. The summed E-state index contributed by atoms with van der Waals surface area (Å²) in [5, 5.41) is 0. The number of aryl methyl sites for hydroxylation is 4. The zero-order valence-corrected chi connectivity index (χ0v) is 14.9. The molecule has 0 atom stereocenters. The third-order valence-corrected chi connectivity index (χ3v) is 4.80. The molecule has 2 amide bonds. The Hall–Kier alpha value is -2.33. The second kappa shape index (κ2) is 5.95. The molecule has 1 heterocycles. The van der Waals surface area contributed by atoms with E-state index in [0.717, 1.165) is 22.3 Å². The molecule has 124 valence electrons. The number of nitrogens with zero attached hydrogens (tertiary/aromatic N) is 2. The fraction of sp³-hybridized carbons (Fsp3) is 0.263. The molecule has 0 N–H and O–H groups in total. The summed E-state index contributed by atoms with van der Waals surface area (Å²) < 4.78 is 0. The second-order valence-corrected chi connectivity index (χ2v) is 6.53. The van der Waals surface area contributed by atoms with Crippen LogP contribution in [0.15, 0.2) is 36.4 Å². The van der Waals surface area contributed by atoms with Gasteiger partial charge < -0.3 is 0 Å². The van der Waals surface area contributed by atoms with E-state index in [2.05, 4.69) is 0 Å². The Bertz CT molecular complexity index is 737. The Morgan fingerprint density at radius 1 is 0.708 bits per heavy atom. The van der Waals surface area contributed by atoms with Crippen LogP contribution in [-0.4, -0.2) is 17.4 Å². The third-order valence-electron chi connectivity index (χ3n) is 4.41. The Morgan fingerprint density at radius 2 is 1.00 bits per heavy atom. The molecule has 0 aromatic heterocycles. The van der Waals surface area contributed by atoms with Crippen molar-refractivity contribution >= 4 is 34.8 Å². The Kier molecular flexibility index (Phi) is 4.10. The van der Waals surface area contributed by atoms with Crippen molar-refractivity contribution in [2.75, 3.05) is 9.80 Å². The molecule has 1 fully saturated rings. The highest BCUT2D eigenvalue weighted by molar-refractivity contribution is 6.52. The van der Waals surface area contributed by atoms with Crippen LogP contribution in [0.3, 0.4) is 0 Å². The number of hydrogen-bond acceptors (Lipinski definition) is 2. The maximum atomic E-state index is 12.7. The quantitative estimate of drug-likeness (QED) is 0.473. The standard InChI is InChI=1S/C19H19ClN2O2/c1-11-7-5-8-12(2)15(11)21-17(23)18(24)22(19(21)20)16-13(3)9-6-10-14(16)4/h5-10,19H,1-4H3. The van der Waals surface area contributed by atoms with Gasteiger partial charge in [0.1, 0.15) is 0 Å². The van der Waals surface area contributed by atoms with Crippen molar-refractivity contribution in [2.45, 2.75) is 33.3 Å². The smallest absolute Gasteiger partial charge is 0.268 e. The van der Waals surface area contributed by atoms with E-state index in [4.69, 9.17) is 11.6 Å². The lowest BCUT2D eigenvalue weighted by atomic mass is 10.1. The van der Waals surface area contributed by atoms with E-state index in [9.17, 15) is 9.59 Å². The molecule has 0 aliphatic carbocycles. The number of anilines is 2. The summed E-state index contributed by atoms with van der Waals surface area (Å²) in [6.45, 7) is 7.63. The summed E-state index contributed by atoms with van der Waals surface area (Å²) in [5.41, 5.74) is 4.14. The number of amides is 2. The van der Waals surface area contributed by atoms with Crippen LogP contribution < -0.4 is 9.80 Å². The van der Waals surface area contributed by atoms with Crippen molar-refractivity contribution in [2.24, 2.45) is 0 Å². The highest BCUT2D eigenvalue weighted by Crippen LogP contribution is 2.37. The van der Waals surface area contributed by atoms with Gasteiger partial charge in [0.05, 0.1) is 11.4 Å². The largest absolute Gasteiger partial charge is 0.319 e. The summed E-state index contributed by atoms with van der Waals surface area (Å²) in [5.74, 6) is -1.20. The van der Waals surface area contributed by atoms with E-state index in [0.29, 0.717) is 11.4 Å². The van der Waals surface area contributed by atoms with Gasteiger partial charge in [-0.25, -0.2) is 0 Å². The normalized spacial score (nSPS) is 15.5. The van der Waals surface area contributed by atoms with Crippen molar-refractivity contribution in [3.05, 3.63) is 58.7 Å². The molecule has 2 aromatic rings. The first-order valence-electron chi connectivity index (χ1n) is 7.78. The predicted octanol–water partition coefficient (Wildman–Crippen LogP) is 3.82. The van der Waals surface area contributed by atoms with E-state index in [-0.39, 0.29) is 0 Å². The van der Waals surface area contributed by atoms with Crippen molar-refractivity contribution in [1.29, 1.82) is 0 Å². The minimum Gasteiger partial charge on any atom is -0.268 e. The summed E-state index contributed by atoms with van der Waals surface area (Å²) in [6.07, 6.45) is 0. The first-order chi connectivity index (χ1) is 11.3. The van der Waals surface area contributed by atoms with E-state index in [1.165, 1.54) is 9.80 Å². The van der Waals surface area contributed by atoms with Gasteiger partial charge in [0, 0.05) is 0 Å². The average Bonchev–Trinajstić information content (AvgIpc) is 2.72. The van der Waals surface area contributed by atoms with Crippen molar-refractivity contribution < 1.29 is 9.59 Å². The van der Waals surface area contributed by atoms with Crippen molar-refractivity contribution in [3.8, 4) is 0 Å². The first-order valence-corrected chi connectivity index (χ1v) is 8.21. The zero-order chi connectivity index (χ0) is 17.6. The molecule has 0 spiro atoms. The SMILES string of the molecule is Cc1cccc(C)c1N1C(=O)C(=O)N(c2c(C)cccc2C)C1Cl. The van der Waals surface area contributed by atoms with E-state index in [1.807, 2.05) is 64.1 Å². The van der Waals surface area contributed by atoms with Gasteiger partial charge in [-0.2, -0.15) is 0 Å². The molecule has 2 aromatic carbocycles. The highest BCUT2D eigenvalue weighted by atomic mass is 35.5. The summed E-state index contributed by atoms with van der Waals surface area (Å²) in [4.78, 5) is 28.1. The predicted molar refractivity (Wildman–Crippen MR) is 96.4 cm³/mol. The number of carbonyl (C=O) groups excluding carboxylic acids is 2. The van der Waals surface area contributed by atoms with Crippen LogP contribution in [0.25, 0.3) is 0 Å². The molecule has 1 aliphatic rings. The second-order valence-electron chi connectivity index (χ2n) is 6.14. The highest BCUT2D eigenvalue weighted by Gasteiger charge is 2.47.